The van der Waals surface area contributed by atoms with Crippen LogP contribution in [0.25, 0.3) is 17.4 Å². The summed E-state index contributed by atoms with van der Waals surface area (Å²) in [5.74, 6) is 0.597. The minimum Gasteiger partial charge on any atom is -0.457 e. The average Bonchev–Trinajstić information content (AvgIpc) is 3.26. The first-order chi connectivity index (χ1) is 12.6. The van der Waals surface area contributed by atoms with Crippen LogP contribution in [0.1, 0.15) is 11.3 Å². The number of halogens is 2. The van der Waals surface area contributed by atoms with Crippen molar-refractivity contribution >= 4 is 41.0 Å². The van der Waals surface area contributed by atoms with Crippen LogP contribution in [0.15, 0.2) is 75.8 Å². The molecule has 2 aromatic carbocycles. The molecule has 0 spiro atoms. The Balaban J connectivity index is 1.68. The standard InChI is InChI=1S/C20H11Cl2NO3/c21-16-8-6-13(10-17(16)22)18-9-7-14(25-18)11-15-19(23-26-20(15)24)12-4-2-1-3-5-12/h1-11H/b15-11-. The van der Waals surface area contributed by atoms with E-state index >= 15 is 0 Å². The van der Waals surface area contributed by atoms with E-state index in [2.05, 4.69) is 5.16 Å². The highest BCUT2D eigenvalue weighted by atomic mass is 35.5. The molecule has 0 N–H and O–H groups in total. The molecular formula is C20H11Cl2NO3. The Morgan fingerprint density at radius 1 is 0.885 bits per heavy atom. The number of rotatable bonds is 3. The topological polar surface area (TPSA) is 51.8 Å². The summed E-state index contributed by atoms with van der Waals surface area (Å²) < 4.78 is 5.82. The number of oxime groups is 1. The number of hydrogen-bond acceptors (Lipinski definition) is 4. The second-order valence-electron chi connectivity index (χ2n) is 5.57. The molecule has 0 atom stereocenters. The molecule has 0 bridgehead atoms. The smallest absolute Gasteiger partial charge is 0.368 e. The van der Waals surface area contributed by atoms with Gasteiger partial charge in [0.1, 0.15) is 17.2 Å². The largest absolute Gasteiger partial charge is 0.457 e. The maximum atomic E-state index is 12.0. The Bertz CT molecular complexity index is 1050. The fourth-order valence-corrected chi connectivity index (χ4v) is 2.89. The molecule has 0 amide bonds. The minimum atomic E-state index is -0.517. The highest BCUT2D eigenvalue weighted by Crippen LogP contribution is 2.30. The Morgan fingerprint density at radius 3 is 2.46 bits per heavy atom. The number of nitrogens with zero attached hydrogens (tertiary/aromatic N) is 1. The van der Waals surface area contributed by atoms with Crippen molar-refractivity contribution in [3.8, 4) is 11.3 Å². The molecule has 6 heteroatoms. The van der Waals surface area contributed by atoms with Gasteiger partial charge in [-0.1, -0.05) is 58.7 Å². The Kier molecular flexibility index (Phi) is 4.37. The summed E-state index contributed by atoms with van der Waals surface area (Å²) in [4.78, 5) is 16.9. The summed E-state index contributed by atoms with van der Waals surface area (Å²) in [5.41, 5.74) is 2.39. The van der Waals surface area contributed by atoms with Crippen molar-refractivity contribution in [2.24, 2.45) is 5.16 Å². The molecule has 4 rings (SSSR count). The molecule has 2 heterocycles. The molecule has 3 aromatic rings. The monoisotopic (exact) mass is 383 g/mol. The first-order valence-electron chi connectivity index (χ1n) is 7.74. The van der Waals surface area contributed by atoms with Gasteiger partial charge in [0, 0.05) is 11.1 Å². The normalized spacial score (nSPS) is 15.2. The molecule has 0 aliphatic carbocycles. The van der Waals surface area contributed by atoms with Crippen LogP contribution in [0.5, 0.6) is 0 Å². The lowest BCUT2D eigenvalue weighted by atomic mass is 10.0. The number of carbonyl (C=O) groups is 1. The third-order valence-electron chi connectivity index (χ3n) is 3.86. The highest BCUT2D eigenvalue weighted by molar-refractivity contribution is 6.42. The van der Waals surface area contributed by atoms with Gasteiger partial charge < -0.3 is 9.25 Å². The van der Waals surface area contributed by atoms with E-state index < -0.39 is 5.97 Å². The van der Waals surface area contributed by atoms with Crippen LogP contribution in [0.2, 0.25) is 10.0 Å². The summed E-state index contributed by atoms with van der Waals surface area (Å²) in [5, 5.41) is 4.79. The van der Waals surface area contributed by atoms with Gasteiger partial charge in [0.25, 0.3) is 0 Å². The molecule has 1 aliphatic rings. The zero-order chi connectivity index (χ0) is 18.1. The van der Waals surface area contributed by atoms with Gasteiger partial charge in [-0.05, 0) is 36.4 Å². The molecular weight excluding hydrogens is 373 g/mol. The van der Waals surface area contributed by atoms with Crippen LogP contribution in [0.3, 0.4) is 0 Å². The predicted octanol–water partition coefficient (Wildman–Crippen LogP) is 5.60. The number of furan rings is 1. The van der Waals surface area contributed by atoms with Gasteiger partial charge in [-0.15, -0.1) is 0 Å². The van der Waals surface area contributed by atoms with E-state index in [0.29, 0.717) is 32.9 Å². The summed E-state index contributed by atoms with van der Waals surface area (Å²) >= 11 is 12.0. The summed E-state index contributed by atoms with van der Waals surface area (Å²) in [6, 6.07) is 18.1. The molecule has 1 aliphatic heterocycles. The van der Waals surface area contributed by atoms with Gasteiger partial charge in [0.2, 0.25) is 0 Å². The average molecular weight is 384 g/mol. The van der Waals surface area contributed by atoms with E-state index in [9.17, 15) is 4.79 Å². The van der Waals surface area contributed by atoms with Gasteiger partial charge in [-0.3, -0.25) is 0 Å². The Hall–Kier alpha value is -2.82. The van der Waals surface area contributed by atoms with E-state index in [4.69, 9.17) is 32.5 Å². The van der Waals surface area contributed by atoms with Crippen LogP contribution < -0.4 is 0 Å². The van der Waals surface area contributed by atoms with Crippen molar-refractivity contribution in [1.29, 1.82) is 0 Å². The van der Waals surface area contributed by atoms with Crippen molar-refractivity contribution in [1.82, 2.24) is 0 Å². The summed E-state index contributed by atoms with van der Waals surface area (Å²) in [6.45, 7) is 0. The Labute approximate surface area is 159 Å². The van der Waals surface area contributed by atoms with Crippen LogP contribution in [-0.2, 0) is 9.63 Å². The first kappa shape index (κ1) is 16.6. The lowest BCUT2D eigenvalue weighted by molar-refractivity contribution is -0.136. The molecule has 4 nitrogen and oxygen atoms in total. The molecule has 26 heavy (non-hydrogen) atoms. The third-order valence-corrected chi connectivity index (χ3v) is 4.60. The van der Waals surface area contributed by atoms with Crippen molar-refractivity contribution in [2.75, 3.05) is 0 Å². The maximum absolute atomic E-state index is 12.0. The predicted molar refractivity (Wildman–Crippen MR) is 101 cm³/mol. The lowest BCUT2D eigenvalue weighted by Gasteiger charge is -2.00. The van der Waals surface area contributed by atoms with E-state index in [-0.39, 0.29) is 0 Å². The van der Waals surface area contributed by atoms with Crippen molar-refractivity contribution in [2.45, 2.75) is 0 Å². The first-order valence-corrected chi connectivity index (χ1v) is 8.49. The van der Waals surface area contributed by atoms with Crippen molar-refractivity contribution in [3.05, 3.63) is 87.6 Å². The van der Waals surface area contributed by atoms with Crippen LogP contribution in [0, 0.1) is 0 Å². The molecule has 0 unspecified atom stereocenters. The lowest BCUT2D eigenvalue weighted by Crippen LogP contribution is -2.06. The zero-order valence-corrected chi connectivity index (χ0v) is 14.8. The molecule has 0 saturated heterocycles. The van der Waals surface area contributed by atoms with Gasteiger partial charge in [-0.2, -0.15) is 0 Å². The van der Waals surface area contributed by atoms with Gasteiger partial charge in [0.15, 0.2) is 0 Å². The van der Waals surface area contributed by atoms with E-state index in [1.165, 1.54) is 0 Å². The zero-order valence-electron chi connectivity index (χ0n) is 13.3. The fourth-order valence-electron chi connectivity index (χ4n) is 2.59. The number of hydrogen-bond donors (Lipinski definition) is 0. The molecule has 0 fully saturated rings. The molecule has 0 radical (unpaired) electrons. The maximum Gasteiger partial charge on any atom is 0.368 e. The Morgan fingerprint density at radius 2 is 1.69 bits per heavy atom. The van der Waals surface area contributed by atoms with Crippen molar-refractivity contribution in [3.63, 3.8) is 0 Å². The second kappa shape index (κ2) is 6.83. The van der Waals surface area contributed by atoms with Gasteiger partial charge >= 0.3 is 5.97 Å². The quantitative estimate of drug-likeness (QED) is 0.436. The number of benzene rings is 2. The van der Waals surface area contributed by atoms with Crippen LogP contribution in [-0.4, -0.2) is 11.7 Å². The number of carbonyl (C=O) groups excluding carboxylic acids is 1. The van der Waals surface area contributed by atoms with E-state index in [1.807, 2.05) is 36.4 Å². The minimum absolute atomic E-state index is 0.339. The second-order valence-corrected chi connectivity index (χ2v) is 6.39. The van der Waals surface area contributed by atoms with Crippen LogP contribution >= 0.6 is 23.2 Å². The van der Waals surface area contributed by atoms with E-state index in [0.717, 1.165) is 11.1 Å². The molecule has 1 aromatic heterocycles. The van der Waals surface area contributed by atoms with Gasteiger partial charge in [0.05, 0.1) is 15.6 Å². The van der Waals surface area contributed by atoms with Crippen LogP contribution in [0.4, 0.5) is 0 Å². The SMILES string of the molecule is O=C1ON=C(c2ccccc2)/C1=C/c1ccc(-c2ccc(Cl)c(Cl)c2)o1. The summed E-state index contributed by atoms with van der Waals surface area (Å²) in [6.07, 6.45) is 1.61. The molecule has 0 saturated carbocycles. The van der Waals surface area contributed by atoms with Gasteiger partial charge in [-0.25, -0.2) is 4.79 Å². The van der Waals surface area contributed by atoms with Crippen molar-refractivity contribution < 1.29 is 14.0 Å². The third kappa shape index (κ3) is 3.17. The highest BCUT2D eigenvalue weighted by Gasteiger charge is 2.27. The summed E-state index contributed by atoms with van der Waals surface area (Å²) in [7, 11) is 0. The molecule has 128 valence electrons. The fraction of sp³-hybridized carbons (Fsp3) is 0. The van der Waals surface area contributed by atoms with E-state index in [1.54, 1.807) is 30.3 Å².